The van der Waals surface area contributed by atoms with Crippen molar-refractivity contribution in [3.8, 4) is 5.75 Å². The lowest BCUT2D eigenvalue weighted by Gasteiger charge is -2.41. The normalized spacial score (nSPS) is 15.3. The van der Waals surface area contributed by atoms with Gasteiger partial charge in [-0.3, -0.25) is 14.4 Å². The van der Waals surface area contributed by atoms with Gasteiger partial charge in [-0.25, -0.2) is 9.59 Å². The number of rotatable bonds is 9. The van der Waals surface area contributed by atoms with Crippen LogP contribution in [0.3, 0.4) is 0 Å². The third-order valence-electron chi connectivity index (χ3n) is 7.99. The number of aryl methyl sites for hydroxylation is 1. The van der Waals surface area contributed by atoms with Crippen LogP contribution in [0.1, 0.15) is 43.4 Å². The Labute approximate surface area is 242 Å². The van der Waals surface area contributed by atoms with Gasteiger partial charge in [0.05, 0.1) is 23.9 Å². The van der Waals surface area contributed by atoms with E-state index in [0.29, 0.717) is 10.9 Å². The number of aromatic hydroxyl groups is 1. The minimum atomic E-state index is -1.15. The van der Waals surface area contributed by atoms with Crippen LogP contribution < -0.4 is 16.3 Å². The lowest BCUT2D eigenvalue weighted by molar-refractivity contribution is -0.143. The topological polar surface area (TPSA) is 166 Å². The second-order valence-electron chi connectivity index (χ2n) is 11.0. The molecule has 11 nitrogen and oxygen atoms in total. The van der Waals surface area contributed by atoms with Crippen LogP contribution in [0.5, 0.6) is 5.75 Å². The van der Waals surface area contributed by atoms with Crippen molar-refractivity contribution in [2.75, 3.05) is 19.6 Å². The Bertz CT molecular complexity index is 1560. The second-order valence-corrected chi connectivity index (χ2v) is 11.0. The van der Waals surface area contributed by atoms with Gasteiger partial charge >= 0.3 is 11.6 Å². The number of aliphatic carboxylic acids is 1. The van der Waals surface area contributed by atoms with Gasteiger partial charge in [-0.2, -0.15) is 0 Å². The standard InChI is InChI=1S/C31H35N3O8/c1-18(2)27(28(38)39)33-25(36)17-32-30(41)31(20-7-5-4-6-8-20)11-13-34(14-12-31)26(37)16-23-19(3)22-10-9-21(35)15-24(22)42-29(23)40/h4-10,15,18,27,35H,11-14,16-17H2,1-3H3,(H,32,41)(H,33,36)(H,38,39). The molecule has 1 atom stereocenters. The Kier molecular flexibility index (Phi) is 8.99. The molecule has 1 aliphatic rings. The van der Waals surface area contributed by atoms with Crippen molar-refractivity contribution in [3.63, 3.8) is 0 Å². The van der Waals surface area contributed by atoms with E-state index in [1.807, 2.05) is 30.3 Å². The molecule has 42 heavy (non-hydrogen) atoms. The number of likely N-dealkylation sites (tertiary alicyclic amines) is 1. The fourth-order valence-electron chi connectivity index (χ4n) is 5.46. The summed E-state index contributed by atoms with van der Waals surface area (Å²) < 4.78 is 5.36. The Morgan fingerprint density at radius 3 is 2.33 bits per heavy atom. The minimum Gasteiger partial charge on any atom is -0.508 e. The monoisotopic (exact) mass is 577 g/mol. The average molecular weight is 578 g/mol. The molecule has 3 aromatic rings. The van der Waals surface area contributed by atoms with Crippen LogP contribution in [0.4, 0.5) is 0 Å². The molecule has 1 fully saturated rings. The predicted molar refractivity (Wildman–Crippen MR) is 154 cm³/mol. The third kappa shape index (κ3) is 6.29. The van der Waals surface area contributed by atoms with E-state index in [9.17, 15) is 34.2 Å². The highest BCUT2D eigenvalue weighted by Crippen LogP contribution is 2.36. The maximum Gasteiger partial charge on any atom is 0.340 e. The van der Waals surface area contributed by atoms with E-state index in [1.54, 1.807) is 31.7 Å². The molecule has 1 aliphatic heterocycles. The van der Waals surface area contributed by atoms with Gasteiger partial charge in [-0.1, -0.05) is 44.2 Å². The highest BCUT2D eigenvalue weighted by Gasteiger charge is 2.44. The van der Waals surface area contributed by atoms with Crippen molar-refractivity contribution in [1.82, 2.24) is 15.5 Å². The number of carboxylic acids is 1. The Morgan fingerprint density at radius 2 is 1.71 bits per heavy atom. The first-order valence-electron chi connectivity index (χ1n) is 13.8. The van der Waals surface area contributed by atoms with Gasteiger partial charge in [-0.15, -0.1) is 0 Å². The number of benzene rings is 2. The number of amides is 3. The minimum absolute atomic E-state index is 0.0335. The van der Waals surface area contributed by atoms with Crippen LogP contribution >= 0.6 is 0 Å². The summed E-state index contributed by atoms with van der Waals surface area (Å²) in [5.74, 6) is -2.80. The van der Waals surface area contributed by atoms with Crippen molar-refractivity contribution in [2.45, 2.75) is 51.5 Å². The van der Waals surface area contributed by atoms with Gasteiger partial charge in [0.25, 0.3) is 0 Å². The predicted octanol–water partition coefficient (Wildman–Crippen LogP) is 2.25. The van der Waals surface area contributed by atoms with Crippen LogP contribution in [-0.2, 0) is 31.0 Å². The van der Waals surface area contributed by atoms with E-state index in [-0.39, 0.29) is 73.5 Å². The molecule has 0 aliphatic carbocycles. The number of nitrogens with one attached hydrogen (secondary N) is 2. The largest absolute Gasteiger partial charge is 0.508 e. The van der Waals surface area contributed by atoms with Crippen LogP contribution in [0.15, 0.2) is 57.7 Å². The molecule has 2 heterocycles. The van der Waals surface area contributed by atoms with E-state index in [0.717, 1.165) is 5.56 Å². The number of phenolic OH excluding ortho intramolecular Hbond substituents is 1. The van der Waals surface area contributed by atoms with E-state index in [4.69, 9.17) is 4.42 Å². The summed E-state index contributed by atoms with van der Waals surface area (Å²) in [6.07, 6.45) is 0.394. The van der Waals surface area contributed by atoms with Crippen LogP contribution in [0, 0.1) is 12.8 Å². The summed E-state index contributed by atoms with van der Waals surface area (Å²) in [4.78, 5) is 65.1. The van der Waals surface area contributed by atoms with Crippen LogP contribution in [-0.4, -0.2) is 64.5 Å². The zero-order valence-corrected chi connectivity index (χ0v) is 23.8. The van der Waals surface area contributed by atoms with Gasteiger partial charge in [-0.05, 0) is 48.9 Å². The van der Waals surface area contributed by atoms with Gasteiger partial charge in [0, 0.05) is 24.5 Å². The molecule has 1 aromatic heterocycles. The number of carbonyl (C=O) groups excluding carboxylic acids is 3. The van der Waals surface area contributed by atoms with Crippen molar-refractivity contribution < 1.29 is 33.8 Å². The lowest BCUT2D eigenvalue weighted by Crippen LogP contribution is -2.55. The Balaban J connectivity index is 1.47. The van der Waals surface area contributed by atoms with Gasteiger partial charge in [0.1, 0.15) is 17.4 Å². The average Bonchev–Trinajstić information content (AvgIpc) is 2.96. The lowest BCUT2D eigenvalue weighted by atomic mass is 9.72. The molecule has 1 unspecified atom stereocenters. The van der Waals surface area contributed by atoms with E-state index in [1.165, 1.54) is 12.1 Å². The number of nitrogens with zero attached hydrogens (tertiary/aromatic N) is 1. The van der Waals surface area contributed by atoms with E-state index in [2.05, 4.69) is 10.6 Å². The molecule has 2 aromatic carbocycles. The Morgan fingerprint density at radius 1 is 1.05 bits per heavy atom. The molecule has 4 N–H and O–H groups in total. The number of carboxylic acid groups (broad SMARTS) is 1. The fourth-order valence-corrected chi connectivity index (χ4v) is 5.46. The molecule has 0 spiro atoms. The van der Waals surface area contributed by atoms with Gasteiger partial charge in [0.2, 0.25) is 17.7 Å². The molecule has 4 rings (SSSR count). The molecule has 0 bridgehead atoms. The number of carbonyl (C=O) groups is 4. The molecular formula is C31H35N3O8. The summed E-state index contributed by atoms with van der Waals surface area (Å²) >= 11 is 0. The van der Waals surface area contributed by atoms with E-state index >= 15 is 0 Å². The zero-order valence-electron chi connectivity index (χ0n) is 23.8. The number of fused-ring (bicyclic) bond motifs is 1. The molecule has 0 radical (unpaired) electrons. The number of phenols is 1. The summed E-state index contributed by atoms with van der Waals surface area (Å²) in [6.45, 7) is 5.19. The third-order valence-corrected chi connectivity index (χ3v) is 7.99. The smallest absolute Gasteiger partial charge is 0.340 e. The second kappa shape index (κ2) is 12.5. The van der Waals surface area contributed by atoms with Crippen molar-refractivity contribution >= 4 is 34.7 Å². The van der Waals surface area contributed by atoms with Crippen LogP contribution in [0.25, 0.3) is 11.0 Å². The summed E-state index contributed by atoms with van der Waals surface area (Å²) in [6, 6.07) is 12.5. The molecule has 3 amide bonds. The highest BCUT2D eigenvalue weighted by molar-refractivity contribution is 5.93. The highest BCUT2D eigenvalue weighted by atomic mass is 16.4. The van der Waals surface area contributed by atoms with Crippen molar-refractivity contribution in [2.24, 2.45) is 5.92 Å². The quantitative estimate of drug-likeness (QED) is 0.281. The molecule has 222 valence electrons. The first-order chi connectivity index (χ1) is 19.9. The maximum absolute atomic E-state index is 13.6. The number of piperidine rings is 1. The molecule has 1 saturated heterocycles. The van der Waals surface area contributed by atoms with Crippen molar-refractivity contribution in [3.05, 3.63) is 75.6 Å². The maximum atomic E-state index is 13.6. The number of hydrogen-bond donors (Lipinski definition) is 4. The summed E-state index contributed by atoms with van der Waals surface area (Å²) in [5, 5.41) is 24.8. The molecular weight excluding hydrogens is 542 g/mol. The van der Waals surface area contributed by atoms with E-state index < -0.39 is 29.0 Å². The fraction of sp³-hybridized carbons (Fsp3) is 0.387. The summed E-state index contributed by atoms with van der Waals surface area (Å²) in [5.41, 5.74) is 0.169. The van der Waals surface area contributed by atoms with Crippen molar-refractivity contribution in [1.29, 1.82) is 0 Å². The van der Waals surface area contributed by atoms with Crippen LogP contribution in [0.2, 0.25) is 0 Å². The molecule has 11 heteroatoms. The Hall–Kier alpha value is -4.67. The van der Waals surface area contributed by atoms with Gasteiger partial charge < -0.3 is 30.2 Å². The summed E-state index contributed by atoms with van der Waals surface area (Å²) in [7, 11) is 0. The van der Waals surface area contributed by atoms with Gasteiger partial charge in [0.15, 0.2) is 0 Å². The SMILES string of the molecule is Cc1c(CC(=O)N2CCC(C(=O)NCC(=O)NC(C(=O)O)C(C)C)(c3ccccc3)CC2)c(=O)oc2cc(O)ccc12. The number of hydrogen-bond acceptors (Lipinski definition) is 7. The zero-order chi connectivity index (χ0) is 30.6. The first kappa shape index (κ1) is 30.3. The first-order valence-corrected chi connectivity index (χ1v) is 13.8. The molecule has 0 saturated carbocycles.